The first-order valence-corrected chi connectivity index (χ1v) is 9.23. The molecule has 2 aliphatic rings. The Hall–Kier alpha value is -2.29. The van der Waals surface area contributed by atoms with Crippen LogP contribution in [-0.4, -0.2) is 33.9 Å². The minimum atomic E-state index is -0.236. The van der Waals surface area contributed by atoms with Crippen molar-refractivity contribution in [2.45, 2.75) is 37.4 Å². The maximum atomic E-state index is 12.7. The zero-order chi connectivity index (χ0) is 18.3. The molecule has 132 valence electrons. The summed E-state index contributed by atoms with van der Waals surface area (Å²) in [6, 6.07) is 9.05. The third kappa shape index (κ3) is 3.00. The lowest BCUT2D eigenvalue weighted by molar-refractivity contribution is 0.0923. The Labute approximate surface area is 161 Å². The number of amides is 1. The van der Waals surface area contributed by atoms with Crippen LogP contribution in [0, 0.1) is 11.5 Å². The Morgan fingerprint density at radius 2 is 2.12 bits per heavy atom. The van der Waals surface area contributed by atoms with Gasteiger partial charge in [0.2, 0.25) is 0 Å². The maximum Gasteiger partial charge on any atom is 0.270 e. The molecule has 0 radical (unpaired) electrons. The molecule has 1 N–H and O–H groups in total. The lowest BCUT2D eigenvalue weighted by atomic mass is 9.95. The van der Waals surface area contributed by atoms with Crippen LogP contribution >= 0.6 is 23.2 Å². The highest BCUT2D eigenvalue weighted by molar-refractivity contribution is 6.35. The van der Waals surface area contributed by atoms with Gasteiger partial charge in [-0.25, -0.2) is 0 Å². The number of benzene rings is 1. The molecule has 1 aromatic heterocycles. The van der Waals surface area contributed by atoms with Crippen LogP contribution in [0.2, 0.25) is 10.0 Å². The summed E-state index contributed by atoms with van der Waals surface area (Å²) < 4.78 is 0. The molecule has 2 aliphatic heterocycles. The van der Waals surface area contributed by atoms with E-state index in [1.54, 1.807) is 36.5 Å². The van der Waals surface area contributed by atoms with Crippen molar-refractivity contribution in [2.75, 3.05) is 0 Å². The van der Waals surface area contributed by atoms with E-state index in [1.165, 1.54) is 0 Å². The molecular weight excluding hydrogens is 371 g/mol. The summed E-state index contributed by atoms with van der Waals surface area (Å²) in [5, 5.41) is 13.4. The van der Waals surface area contributed by atoms with Gasteiger partial charge in [0, 0.05) is 27.8 Å². The maximum absolute atomic E-state index is 12.7. The van der Waals surface area contributed by atoms with Crippen molar-refractivity contribution in [3.63, 3.8) is 0 Å². The number of rotatable bonds is 3. The van der Waals surface area contributed by atoms with Gasteiger partial charge in [-0.1, -0.05) is 23.2 Å². The Balaban J connectivity index is 1.55. The number of carbonyl (C=O) groups is 1. The van der Waals surface area contributed by atoms with Gasteiger partial charge < -0.3 is 10.2 Å². The predicted molar refractivity (Wildman–Crippen MR) is 99.8 cm³/mol. The second-order valence-electron chi connectivity index (χ2n) is 6.68. The fourth-order valence-electron chi connectivity index (χ4n) is 3.98. The second-order valence-corrected chi connectivity index (χ2v) is 7.52. The lowest BCUT2D eigenvalue weighted by Gasteiger charge is -2.21. The highest BCUT2D eigenvalue weighted by Gasteiger charge is 2.46. The molecule has 3 atom stereocenters. The molecule has 2 fully saturated rings. The lowest BCUT2D eigenvalue weighted by Crippen LogP contribution is -2.43. The van der Waals surface area contributed by atoms with Crippen LogP contribution in [0.3, 0.4) is 0 Å². The van der Waals surface area contributed by atoms with Crippen molar-refractivity contribution in [2.24, 2.45) is 0 Å². The molecule has 1 aromatic carbocycles. The Morgan fingerprint density at radius 3 is 2.88 bits per heavy atom. The second kappa shape index (κ2) is 6.79. The van der Waals surface area contributed by atoms with Gasteiger partial charge in [0.15, 0.2) is 6.19 Å². The fourth-order valence-corrected chi connectivity index (χ4v) is 4.38. The molecular formula is C19H16Cl2N4O. The van der Waals surface area contributed by atoms with Crippen LogP contribution in [0.5, 0.6) is 0 Å². The molecule has 2 bridgehead atoms. The van der Waals surface area contributed by atoms with Crippen molar-refractivity contribution in [3.8, 4) is 17.3 Å². The number of halogens is 2. The van der Waals surface area contributed by atoms with Crippen molar-refractivity contribution in [1.29, 1.82) is 5.26 Å². The minimum absolute atomic E-state index is 0.0129. The summed E-state index contributed by atoms with van der Waals surface area (Å²) in [6.07, 6.45) is 6.61. The zero-order valence-electron chi connectivity index (χ0n) is 13.8. The Morgan fingerprint density at radius 1 is 1.27 bits per heavy atom. The molecule has 26 heavy (non-hydrogen) atoms. The van der Waals surface area contributed by atoms with Crippen LogP contribution in [0.25, 0.3) is 11.1 Å². The summed E-state index contributed by atoms with van der Waals surface area (Å²) >= 11 is 12.3. The third-order valence-electron chi connectivity index (χ3n) is 5.20. The van der Waals surface area contributed by atoms with Gasteiger partial charge in [0.25, 0.3) is 5.91 Å². The quantitative estimate of drug-likeness (QED) is 0.812. The number of nitriles is 1. The largest absolute Gasteiger partial charge is 0.346 e. The van der Waals surface area contributed by atoms with Crippen LogP contribution < -0.4 is 5.32 Å². The van der Waals surface area contributed by atoms with Gasteiger partial charge in [-0.3, -0.25) is 9.78 Å². The molecule has 7 heteroatoms. The van der Waals surface area contributed by atoms with Crippen molar-refractivity contribution in [1.82, 2.24) is 15.2 Å². The van der Waals surface area contributed by atoms with E-state index in [1.807, 2.05) is 4.90 Å². The Kier molecular flexibility index (Phi) is 4.47. The van der Waals surface area contributed by atoms with Crippen LogP contribution in [-0.2, 0) is 0 Å². The summed E-state index contributed by atoms with van der Waals surface area (Å²) in [5.74, 6) is -0.236. The number of nitrogens with one attached hydrogen (secondary N) is 1. The average Bonchev–Trinajstić information content (AvgIpc) is 3.20. The highest BCUT2D eigenvalue weighted by Crippen LogP contribution is 2.37. The molecule has 0 spiro atoms. The van der Waals surface area contributed by atoms with Crippen molar-refractivity contribution < 1.29 is 4.79 Å². The molecule has 1 amide bonds. The number of hydrogen-bond donors (Lipinski definition) is 1. The molecule has 3 heterocycles. The number of fused-ring (bicyclic) bond motifs is 2. The highest BCUT2D eigenvalue weighted by atomic mass is 35.5. The standard InChI is InChI=1S/C19H16Cl2N4O/c20-12-1-3-15(21)14(8-12)11-5-6-23-17(7-11)19(26)24-16-9-13-2-4-18(16)25(13)10-22/h1,3,5-8,13,16,18H,2,4,9H2,(H,24,26)/t13-,16+,18+/m0/s1. The molecule has 0 saturated carbocycles. The van der Waals surface area contributed by atoms with Gasteiger partial charge >= 0.3 is 0 Å². The van der Waals surface area contributed by atoms with E-state index in [2.05, 4.69) is 16.5 Å². The number of hydrogen-bond acceptors (Lipinski definition) is 4. The fraction of sp³-hybridized carbons (Fsp3) is 0.316. The first-order valence-electron chi connectivity index (χ1n) is 8.47. The van der Waals surface area contributed by atoms with Gasteiger partial charge in [-0.15, -0.1) is 0 Å². The van der Waals surface area contributed by atoms with Crippen LogP contribution in [0.4, 0.5) is 0 Å². The summed E-state index contributed by atoms with van der Waals surface area (Å²) in [6.45, 7) is 0. The minimum Gasteiger partial charge on any atom is -0.346 e. The summed E-state index contributed by atoms with van der Waals surface area (Å²) in [7, 11) is 0. The number of nitrogens with zero attached hydrogens (tertiary/aromatic N) is 3. The normalized spacial score (nSPS) is 23.7. The smallest absolute Gasteiger partial charge is 0.270 e. The van der Waals surface area contributed by atoms with Crippen molar-refractivity contribution in [3.05, 3.63) is 52.3 Å². The first kappa shape index (κ1) is 17.1. The number of aromatic nitrogens is 1. The van der Waals surface area contributed by atoms with Crippen molar-refractivity contribution >= 4 is 29.1 Å². The summed E-state index contributed by atoms with van der Waals surface area (Å²) in [5.41, 5.74) is 1.86. The molecule has 4 rings (SSSR count). The zero-order valence-corrected chi connectivity index (χ0v) is 15.3. The number of carbonyl (C=O) groups excluding carboxylic acids is 1. The number of pyridine rings is 1. The van der Waals surface area contributed by atoms with E-state index in [4.69, 9.17) is 23.2 Å². The predicted octanol–water partition coefficient (Wildman–Crippen LogP) is 3.87. The molecule has 0 unspecified atom stereocenters. The SMILES string of the molecule is N#CN1[C@H]2CC[C@@H]1[C@H](NC(=O)c1cc(-c3cc(Cl)ccc3Cl)ccn1)C2. The van der Waals surface area contributed by atoms with Crippen LogP contribution in [0.15, 0.2) is 36.5 Å². The third-order valence-corrected chi connectivity index (χ3v) is 5.77. The van der Waals surface area contributed by atoms with E-state index < -0.39 is 0 Å². The monoisotopic (exact) mass is 386 g/mol. The van der Waals surface area contributed by atoms with E-state index in [-0.39, 0.29) is 24.0 Å². The van der Waals surface area contributed by atoms with Gasteiger partial charge in [-0.05, 0) is 55.2 Å². The van der Waals surface area contributed by atoms with E-state index in [9.17, 15) is 10.1 Å². The van der Waals surface area contributed by atoms with E-state index in [0.29, 0.717) is 15.7 Å². The van der Waals surface area contributed by atoms with Gasteiger partial charge in [-0.2, -0.15) is 5.26 Å². The van der Waals surface area contributed by atoms with E-state index in [0.717, 1.165) is 30.4 Å². The van der Waals surface area contributed by atoms with E-state index >= 15 is 0 Å². The average molecular weight is 387 g/mol. The molecule has 0 aliphatic carbocycles. The molecule has 2 saturated heterocycles. The van der Waals surface area contributed by atoms with Crippen LogP contribution in [0.1, 0.15) is 29.8 Å². The topological polar surface area (TPSA) is 69.0 Å². The summed E-state index contributed by atoms with van der Waals surface area (Å²) in [4.78, 5) is 18.7. The van der Waals surface area contributed by atoms with Gasteiger partial charge in [0.05, 0.1) is 12.1 Å². The Bertz CT molecular complexity index is 911. The first-order chi connectivity index (χ1) is 12.6. The molecule has 2 aromatic rings. The van der Waals surface area contributed by atoms with Gasteiger partial charge in [0.1, 0.15) is 5.69 Å². The molecule has 5 nitrogen and oxygen atoms in total.